The number of halogens is 1. The molecule has 1 aliphatic rings. The van der Waals surface area contributed by atoms with Gasteiger partial charge < -0.3 is 4.90 Å². The van der Waals surface area contributed by atoms with Crippen LogP contribution < -0.4 is 4.90 Å². The molecule has 0 spiro atoms. The number of allylic oxidation sites excluding steroid dienone is 1. The lowest BCUT2D eigenvalue weighted by atomic mass is 9.88. The first-order valence-electron chi connectivity index (χ1n) is 8.76. The zero-order valence-corrected chi connectivity index (χ0v) is 15.4. The van der Waals surface area contributed by atoms with Gasteiger partial charge in [0.25, 0.3) is 0 Å². The number of aliphatic imine (C=N–C) groups is 1. The number of likely N-dealkylation sites (N-methyl/N-ethyl adjacent to an activating group) is 1. The predicted molar refractivity (Wildman–Crippen MR) is 105 cm³/mol. The molecule has 3 heteroatoms. The van der Waals surface area contributed by atoms with Gasteiger partial charge in [-0.2, -0.15) is 0 Å². The molecule has 0 aromatic heterocycles. The summed E-state index contributed by atoms with van der Waals surface area (Å²) in [5.74, 6) is -0.225. The Balaban J connectivity index is 1.82. The minimum Gasteiger partial charge on any atom is -0.363 e. The van der Waals surface area contributed by atoms with Crippen molar-refractivity contribution in [3.05, 3.63) is 71.0 Å². The van der Waals surface area contributed by atoms with Crippen molar-refractivity contribution in [3.8, 4) is 0 Å². The number of hydrogen-bond donors (Lipinski definition) is 0. The van der Waals surface area contributed by atoms with Crippen LogP contribution in [0.5, 0.6) is 0 Å². The summed E-state index contributed by atoms with van der Waals surface area (Å²) in [7, 11) is 0. The van der Waals surface area contributed by atoms with Crippen LogP contribution in [0.4, 0.5) is 10.1 Å². The largest absolute Gasteiger partial charge is 0.363 e. The van der Waals surface area contributed by atoms with Crippen LogP contribution in [0.15, 0.2) is 53.5 Å². The third kappa shape index (κ3) is 3.65. The lowest BCUT2D eigenvalue weighted by molar-refractivity contribution is 0.566. The summed E-state index contributed by atoms with van der Waals surface area (Å²) in [6, 6.07) is 13.0. The fourth-order valence-electron chi connectivity index (χ4n) is 3.61. The van der Waals surface area contributed by atoms with Crippen LogP contribution in [0.3, 0.4) is 0 Å². The summed E-state index contributed by atoms with van der Waals surface area (Å²) < 4.78 is 12.9. The Labute approximate surface area is 149 Å². The van der Waals surface area contributed by atoms with E-state index in [4.69, 9.17) is 0 Å². The minimum atomic E-state index is -0.225. The molecule has 25 heavy (non-hydrogen) atoms. The zero-order valence-electron chi connectivity index (χ0n) is 15.4. The van der Waals surface area contributed by atoms with Gasteiger partial charge in [-0.3, -0.25) is 4.99 Å². The normalized spacial score (nSPS) is 16.0. The first-order valence-corrected chi connectivity index (χ1v) is 8.76. The molecule has 1 heterocycles. The second-order valence-corrected chi connectivity index (χ2v) is 7.10. The van der Waals surface area contributed by atoms with E-state index in [9.17, 15) is 4.39 Å². The van der Waals surface area contributed by atoms with Crippen LogP contribution in [0.2, 0.25) is 0 Å². The maximum Gasteiger partial charge on any atom is 0.123 e. The van der Waals surface area contributed by atoms with Gasteiger partial charge in [-0.25, -0.2) is 4.39 Å². The molecule has 0 aliphatic carbocycles. The topological polar surface area (TPSA) is 15.6 Å². The minimum absolute atomic E-state index is 0.0358. The number of fused-ring (bicyclic) bond motifs is 1. The summed E-state index contributed by atoms with van der Waals surface area (Å²) in [6.07, 6.45) is 4.13. The van der Waals surface area contributed by atoms with Gasteiger partial charge in [0.1, 0.15) is 5.82 Å². The zero-order chi connectivity index (χ0) is 18.0. The van der Waals surface area contributed by atoms with Crippen molar-refractivity contribution >= 4 is 17.5 Å². The second-order valence-electron chi connectivity index (χ2n) is 7.10. The van der Waals surface area contributed by atoms with Gasteiger partial charge in [-0.15, -0.1) is 0 Å². The van der Waals surface area contributed by atoms with E-state index < -0.39 is 0 Å². The molecule has 0 atom stereocenters. The van der Waals surface area contributed by atoms with E-state index in [0.717, 1.165) is 12.1 Å². The summed E-state index contributed by atoms with van der Waals surface area (Å²) in [6.45, 7) is 10.5. The standard InChI is InChI=1S/C22H25FN2/c1-5-25-21-11-8-18(12-20(21)16(2)13-22(25,3)4)15-24-14-17-6-9-19(23)10-7-17/h6-14H,5,15H2,1-4H3. The molecule has 0 fully saturated rings. The van der Waals surface area contributed by atoms with Gasteiger partial charge in [0.05, 0.1) is 12.1 Å². The van der Waals surface area contributed by atoms with E-state index >= 15 is 0 Å². The van der Waals surface area contributed by atoms with Gasteiger partial charge in [0.2, 0.25) is 0 Å². The van der Waals surface area contributed by atoms with E-state index in [1.54, 1.807) is 18.3 Å². The Bertz CT molecular complexity index is 816. The maximum absolute atomic E-state index is 12.9. The molecular formula is C22H25FN2. The molecular weight excluding hydrogens is 311 g/mol. The third-order valence-electron chi connectivity index (χ3n) is 4.74. The highest BCUT2D eigenvalue weighted by Crippen LogP contribution is 2.39. The summed E-state index contributed by atoms with van der Waals surface area (Å²) >= 11 is 0. The van der Waals surface area contributed by atoms with Crippen LogP contribution in [0.25, 0.3) is 5.57 Å². The Morgan fingerprint density at radius 3 is 2.52 bits per heavy atom. The number of anilines is 1. The Morgan fingerprint density at radius 2 is 1.84 bits per heavy atom. The Kier molecular flexibility index (Phi) is 4.76. The molecule has 2 aromatic rings. The van der Waals surface area contributed by atoms with E-state index in [0.29, 0.717) is 6.54 Å². The quantitative estimate of drug-likeness (QED) is 0.676. The Hall–Kier alpha value is -2.42. The van der Waals surface area contributed by atoms with E-state index in [2.05, 4.69) is 61.9 Å². The summed E-state index contributed by atoms with van der Waals surface area (Å²) in [5.41, 5.74) is 6.02. The molecule has 3 rings (SSSR count). The number of hydrogen-bond acceptors (Lipinski definition) is 2. The lowest BCUT2D eigenvalue weighted by Crippen LogP contribution is -2.44. The molecule has 0 unspecified atom stereocenters. The van der Waals surface area contributed by atoms with Crippen molar-refractivity contribution in [2.75, 3.05) is 11.4 Å². The SMILES string of the molecule is CCN1c2ccc(CN=Cc3ccc(F)cc3)cc2C(C)=CC1(C)C. The molecule has 2 aromatic carbocycles. The van der Waals surface area contributed by atoms with E-state index in [1.165, 1.54) is 34.5 Å². The van der Waals surface area contributed by atoms with Gasteiger partial charge in [-0.1, -0.05) is 24.3 Å². The van der Waals surface area contributed by atoms with E-state index in [1.807, 2.05) is 0 Å². The monoisotopic (exact) mass is 336 g/mol. The van der Waals surface area contributed by atoms with Gasteiger partial charge >= 0.3 is 0 Å². The smallest absolute Gasteiger partial charge is 0.123 e. The molecule has 0 N–H and O–H groups in total. The van der Waals surface area contributed by atoms with Crippen molar-refractivity contribution < 1.29 is 4.39 Å². The third-order valence-corrected chi connectivity index (χ3v) is 4.74. The van der Waals surface area contributed by atoms with Gasteiger partial charge in [0, 0.05) is 24.0 Å². The molecule has 0 radical (unpaired) electrons. The van der Waals surface area contributed by atoms with Crippen molar-refractivity contribution in [3.63, 3.8) is 0 Å². The van der Waals surface area contributed by atoms with Crippen molar-refractivity contribution in [1.82, 2.24) is 0 Å². The molecule has 1 aliphatic heterocycles. The molecule has 130 valence electrons. The highest BCUT2D eigenvalue weighted by Gasteiger charge is 2.29. The summed E-state index contributed by atoms with van der Waals surface area (Å²) in [5, 5.41) is 0. The summed E-state index contributed by atoms with van der Waals surface area (Å²) in [4.78, 5) is 6.93. The number of nitrogens with zero attached hydrogens (tertiary/aromatic N) is 2. The lowest BCUT2D eigenvalue weighted by Gasteiger charge is -2.42. The second kappa shape index (κ2) is 6.83. The van der Waals surface area contributed by atoms with Gasteiger partial charge in [0.15, 0.2) is 0 Å². The molecule has 0 amide bonds. The van der Waals surface area contributed by atoms with Crippen molar-refractivity contribution in [2.45, 2.75) is 39.8 Å². The van der Waals surface area contributed by atoms with Crippen LogP contribution in [-0.2, 0) is 6.54 Å². The fourth-order valence-corrected chi connectivity index (χ4v) is 3.61. The molecule has 2 nitrogen and oxygen atoms in total. The maximum atomic E-state index is 12.9. The predicted octanol–water partition coefficient (Wildman–Crippen LogP) is 5.47. The fraction of sp³-hybridized carbons (Fsp3) is 0.318. The van der Waals surface area contributed by atoms with Crippen LogP contribution >= 0.6 is 0 Å². The van der Waals surface area contributed by atoms with Crippen molar-refractivity contribution in [1.29, 1.82) is 0 Å². The Morgan fingerprint density at radius 1 is 1.12 bits per heavy atom. The van der Waals surface area contributed by atoms with Crippen molar-refractivity contribution in [2.24, 2.45) is 4.99 Å². The van der Waals surface area contributed by atoms with Crippen LogP contribution in [0, 0.1) is 5.82 Å². The number of benzene rings is 2. The molecule has 0 saturated heterocycles. The molecule has 0 saturated carbocycles. The van der Waals surface area contributed by atoms with Gasteiger partial charge in [-0.05, 0) is 68.7 Å². The highest BCUT2D eigenvalue weighted by atomic mass is 19.1. The highest BCUT2D eigenvalue weighted by molar-refractivity contribution is 5.82. The van der Waals surface area contributed by atoms with E-state index in [-0.39, 0.29) is 11.4 Å². The number of rotatable bonds is 4. The average Bonchev–Trinajstić information content (AvgIpc) is 2.57. The first-order chi connectivity index (χ1) is 11.9. The van der Waals surface area contributed by atoms with Crippen LogP contribution in [-0.4, -0.2) is 18.3 Å². The first kappa shape index (κ1) is 17.4. The average molecular weight is 336 g/mol. The van der Waals surface area contributed by atoms with Crippen LogP contribution in [0.1, 0.15) is 44.4 Å². The molecule has 0 bridgehead atoms.